The van der Waals surface area contributed by atoms with Gasteiger partial charge in [-0.2, -0.15) is 0 Å². The summed E-state index contributed by atoms with van der Waals surface area (Å²) in [5, 5.41) is 4.66. The maximum Gasteiger partial charge on any atom is 0.256 e. The van der Waals surface area contributed by atoms with E-state index in [4.69, 9.17) is 0 Å². The van der Waals surface area contributed by atoms with Crippen LogP contribution in [0.5, 0.6) is 0 Å². The molecule has 0 bridgehead atoms. The van der Waals surface area contributed by atoms with E-state index in [9.17, 15) is 4.79 Å². The number of aryl methyl sites for hydroxylation is 3. The van der Waals surface area contributed by atoms with Crippen molar-refractivity contribution in [2.24, 2.45) is 7.05 Å². The van der Waals surface area contributed by atoms with Gasteiger partial charge in [-0.3, -0.25) is 4.79 Å². The number of piperidine rings is 1. The van der Waals surface area contributed by atoms with Crippen molar-refractivity contribution in [3.05, 3.63) is 65.4 Å². The van der Waals surface area contributed by atoms with Crippen LogP contribution in [-0.4, -0.2) is 34.5 Å². The van der Waals surface area contributed by atoms with Crippen molar-refractivity contribution in [2.75, 3.05) is 18.4 Å². The highest BCUT2D eigenvalue weighted by Crippen LogP contribution is 2.24. The summed E-state index contributed by atoms with van der Waals surface area (Å²) in [7, 11) is 2.00. The molecule has 1 fully saturated rings. The van der Waals surface area contributed by atoms with E-state index < -0.39 is 0 Å². The summed E-state index contributed by atoms with van der Waals surface area (Å²) < 4.78 is 2.04. The highest BCUT2D eigenvalue weighted by Gasteiger charge is 2.26. The molecule has 1 aliphatic heterocycles. The van der Waals surface area contributed by atoms with Crippen molar-refractivity contribution in [3.8, 4) is 0 Å². The molecule has 1 aliphatic rings. The lowest BCUT2D eigenvalue weighted by molar-refractivity contribution is 0.0716. The van der Waals surface area contributed by atoms with Crippen LogP contribution >= 0.6 is 0 Å². The normalized spacial score (nSPS) is 17.3. The molecule has 3 aromatic rings. The number of nitrogens with zero attached hydrogens (tertiary/aromatic N) is 2. The Labute approximate surface area is 160 Å². The molecular formula is C23H27N3O. The van der Waals surface area contributed by atoms with Gasteiger partial charge in [-0.15, -0.1) is 0 Å². The van der Waals surface area contributed by atoms with Crippen LogP contribution in [-0.2, 0) is 7.05 Å². The van der Waals surface area contributed by atoms with Crippen molar-refractivity contribution in [1.29, 1.82) is 0 Å². The lowest BCUT2D eigenvalue weighted by Crippen LogP contribution is -2.45. The van der Waals surface area contributed by atoms with E-state index in [-0.39, 0.29) is 5.91 Å². The topological polar surface area (TPSA) is 37.3 Å². The quantitative estimate of drug-likeness (QED) is 0.745. The molecule has 2 aromatic carbocycles. The van der Waals surface area contributed by atoms with Crippen LogP contribution in [0.25, 0.3) is 10.9 Å². The molecule has 2 heterocycles. The molecule has 4 nitrogen and oxygen atoms in total. The number of likely N-dealkylation sites (tertiary alicyclic amines) is 1. The average Bonchev–Trinajstić information content (AvgIpc) is 3.01. The van der Waals surface area contributed by atoms with Crippen molar-refractivity contribution >= 4 is 22.5 Å². The molecular weight excluding hydrogens is 334 g/mol. The molecule has 1 atom stereocenters. The Morgan fingerprint density at radius 3 is 2.74 bits per heavy atom. The van der Waals surface area contributed by atoms with E-state index in [0.29, 0.717) is 6.04 Å². The zero-order valence-electron chi connectivity index (χ0n) is 16.3. The number of carbonyl (C=O) groups excluding carboxylic acids is 1. The van der Waals surface area contributed by atoms with Gasteiger partial charge >= 0.3 is 0 Å². The van der Waals surface area contributed by atoms with E-state index >= 15 is 0 Å². The first-order chi connectivity index (χ1) is 13.0. The Morgan fingerprint density at radius 2 is 1.93 bits per heavy atom. The molecule has 1 N–H and O–H groups in total. The predicted octanol–water partition coefficient (Wildman–Crippen LogP) is 4.51. The summed E-state index contributed by atoms with van der Waals surface area (Å²) >= 11 is 0. The van der Waals surface area contributed by atoms with Crippen LogP contribution in [0.1, 0.15) is 34.3 Å². The fourth-order valence-corrected chi connectivity index (χ4v) is 4.03. The van der Waals surface area contributed by atoms with Crippen LogP contribution in [0.2, 0.25) is 0 Å². The van der Waals surface area contributed by atoms with Gasteiger partial charge in [-0.05, 0) is 56.0 Å². The van der Waals surface area contributed by atoms with Gasteiger partial charge in [-0.1, -0.05) is 24.3 Å². The van der Waals surface area contributed by atoms with Crippen LogP contribution in [0.15, 0.2) is 48.7 Å². The third kappa shape index (κ3) is 3.44. The zero-order valence-corrected chi connectivity index (χ0v) is 16.3. The molecule has 0 saturated carbocycles. The summed E-state index contributed by atoms with van der Waals surface area (Å²) in [5.41, 5.74) is 5.64. The lowest BCUT2D eigenvalue weighted by Gasteiger charge is -2.33. The third-order valence-corrected chi connectivity index (χ3v) is 5.71. The molecule has 140 valence electrons. The van der Waals surface area contributed by atoms with E-state index in [2.05, 4.69) is 43.4 Å². The minimum atomic E-state index is 0.137. The minimum Gasteiger partial charge on any atom is -0.381 e. The minimum absolute atomic E-state index is 0.137. The Balaban J connectivity index is 1.52. The van der Waals surface area contributed by atoms with Crippen molar-refractivity contribution < 1.29 is 4.79 Å². The number of hydrogen-bond donors (Lipinski definition) is 1. The fourth-order valence-electron chi connectivity index (χ4n) is 4.03. The molecule has 1 amide bonds. The number of anilines is 1. The van der Waals surface area contributed by atoms with Crippen LogP contribution in [0, 0.1) is 13.8 Å². The smallest absolute Gasteiger partial charge is 0.256 e. The van der Waals surface area contributed by atoms with Crippen LogP contribution in [0.3, 0.4) is 0 Å². The SMILES string of the molecule is Cc1ccc(N[C@H]2CCCN(C(=O)c3cn(C)c4ccccc34)C2)cc1C. The number of carbonyl (C=O) groups is 1. The maximum absolute atomic E-state index is 13.2. The highest BCUT2D eigenvalue weighted by molar-refractivity contribution is 6.07. The van der Waals surface area contributed by atoms with Crippen LogP contribution < -0.4 is 5.32 Å². The second kappa shape index (κ2) is 7.10. The second-order valence-corrected chi connectivity index (χ2v) is 7.70. The van der Waals surface area contributed by atoms with Gasteiger partial charge in [0.2, 0.25) is 0 Å². The van der Waals surface area contributed by atoms with Gasteiger partial charge in [0.1, 0.15) is 0 Å². The molecule has 1 saturated heterocycles. The van der Waals surface area contributed by atoms with Gasteiger partial charge in [-0.25, -0.2) is 0 Å². The van der Waals surface area contributed by atoms with Crippen molar-refractivity contribution in [2.45, 2.75) is 32.7 Å². The zero-order chi connectivity index (χ0) is 19.0. The number of para-hydroxylation sites is 1. The molecule has 0 aliphatic carbocycles. The molecule has 0 spiro atoms. The molecule has 0 unspecified atom stereocenters. The Bertz CT molecular complexity index is 988. The number of hydrogen-bond acceptors (Lipinski definition) is 2. The van der Waals surface area contributed by atoms with Gasteiger partial charge in [0.25, 0.3) is 5.91 Å². The molecule has 0 radical (unpaired) electrons. The third-order valence-electron chi connectivity index (χ3n) is 5.71. The number of rotatable bonds is 3. The number of aromatic nitrogens is 1. The number of nitrogens with one attached hydrogen (secondary N) is 1. The summed E-state index contributed by atoms with van der Waals surface area (Å²) in [4.78, 5) is 15.2. The Morgan fingerprint density at radius 1 is 1.11 bits per heavy atom. The number of amides is 1. The largest absolute Gasteiger partial charge is 0.381 e. The molecule has 1 aromatic heterocycles. The first-order valence-electron chi connectivity index (χ1n) is 9.70. The van der Waals surface area contributed by atoms with E-state index in [1.165, 1.54) is 11.1 Å². The predicted molar refractivity (Wildman–Crippen MR) is 111 cm³/mol. The maximum atomic E-state index is 13.2. The van der Waals surface area contributed by atoms with E-state index in [1.54, 1.807) is 0 Å². The van der Waals surface area contributed by atoms with Crippen molar-refractivity contribution in [3.63, 3.8) is 0 Å². The molecule has 4 rings (SSSR count). The monoisotopic (exact) mass is 361 g/mol. The Hall–Kier alpha value is -2.75. The number of fused-ring (bicyclic) bond motifs is 1. The fraction of sp³-hybridized carbons (Fsp3) is 0.348. The standard InChI is InChI=1S/C23H27N3O/c1-16-10-11-18(13-17(16)2)24-19-7-6-12-26(14-19)23(27)21-15-25(3)22-9-5-4-8-20(21)22/h4-5,8-11,13,15,19,24H,6-7,12,14H2,1-3H3/t19-/m0/s1. The van der Waals surface area contributed by atoms with E-state index in [0.717, 1.165) is 48.1 Å². The summed E-state index contributed by atoms with van der Waals surface area (Å²) in [6.07, 6.45) is 4.08. The first kappa shape index (κ1) is 17.7. The second-order valence-electron chi connectivity index (χ2n) is 7.70. The first-order valence-corrected chi connectivity index (χ1v) is 9.70. The lowest BCUT2D eigenvalue weighted by atomic mass is 10.0. The number of benzene rings is 2. The van der Waals surface area contributed by atoms with Gasteiger partial charge in [0, 0.05) is 49.0 Å². The molecule has 27 heavy (non-hydrogen) atoms. The average molecular weight is 361 g/mol. The van der Waals surface area contributed by atoms with Gasteiger partial charge in [0.15, 0.2) is 0 Å². The van der Waals surface area contributed by atoms with E-state index in [1.807, 2.05) is 40.9 Å². The summed E-state index contributed by atoms with van der Waals surface area (Å²) in [6, 6.07) is 14.9. The summed E-state index contributed by atoms with van der Waals surface area (Å²) in [6.45, 7) is 5.84. The molecule has 4 heteroatoms. The van der Waals surface area contributed by atoms with Crippen LogP contribution in [0.4, 0.5) is 5.69 Å². The Kier molecular flexibility index (Phi) is 4.65. The summed E-state index contributed by atoms with van der Waals surface area (Å²) in [5.74, 6) is 0.137. The van der Waals surface area contributed by atoms with Crippen molar-refractivity contribution in [1.82, 2.24) is 9.47 Å². The highest BCUT2D eigenvalue weighted by atomic mass is 16.2. The van der Waals surface area contributed by atoms with Gasteiger partial charge < -0.3 is 14.8 Å². The van der Waals surface area contributed by atoms with Gasteiger partial charge in [0.05, 0.1) is 5.56 Å².